The van der Waals surface area contributed by atoms with E-state index >= 15 is 0 Å². The summed E-state index contributed by atoms with van der Waals surface area (Å²) in [5.41, 5.74) is 5.12. The Balaban J connectivity index is 1.84. The fourth-order valence-electron chi connectivity index (χ4n) is 2.11. The lowest BCUT2D eigenvalue weighted by Gasteiger charge is -2.02. The van der Waals surface area contributed by atoms with Gasteiger partial charge < -0.3 is 10.2 Å². The maximum absolute atomic E-state index is 9.52. The van der Waals surface area contributed by atoms with Gasteiger partial charge in [0.2, 0.25) is 11.5 Å². The highest BCUT2D eigenvalue weighted by Gasteiger charge is 2.09. The van der Waals surface area contributed by atoms with Crippen molar-refractivity contribution < 1.29 is 15.2 Å². The quantitative estimate of drug-likeness (QED) is 0.297. The Morgan fingerprint density at radius 3 is 2.44 bits per heavy atom. The fraction of sp³-hybridized carbons (Fsp3) is 0. The molecule has 0 spiro atoms. The average Bonchev–Trinajstić information content (AvgIpc) is 2.65. The molecule has 0 aliphatic rings. The van der Waals surface area contributed by atoms with E-state index in [9.17, 15) is 10.2 Å². The molecule has 3 aromatic rings. The summed E-state index contributed by atoms with van der Waals surface area (Å²) in [7, 11) is 0. The molecule has 1 heterocycles. The number of phenols is 2. The van der Waals surface area contributed by atoms with Crippen LogP contribution >= 0.6 is 0 Å². The van der Waals surface area contributed by atoms with Crippen LogP contribution < -0.4 is 10.4 Å². The maximum Gasteiger partial charge on any atom is 0.248 e. The van der Waals surface area contributed by atoms with Gasteiger partial charge in [-0.15, -0.1) is 0 Å². The van der Waals surface area contributed by atoms with Crippen LogP contribution in [0.4, 0.5) is 5.69 Å². The summed E-state index contributed by atoms with van der Waals surface area (Å²) >= 11 is 0. The number of aromatic nitrogens is 1. The van der Waals surface area contributed by atoms with E-state index in [1.807, 2.05) is 48.5 Å². The summed E-state index contributed by atoms with van der Waals surface area (Å²) in [4.78, 5) is 7.68. The third-order valence-electron chi connectivity index (χ3n) is 3.34. The highest BCUT2D eigenvalue weighted by Crippen LogP contribution is 2.23. The first kappa shape index (κ1) is 16.2. The molecule has 6 nitrogen and oxygen atoms in total. The molecule has 1 aromatic heterocycles. The summed E-state index contributed by atoms with van der Waals surface area (Å²) in [6, 6.07) is 19.7. The normalized spacial score (nSPS) is 11.6. The molecule has 0 fully saturated rings. The van der Waals surface area contributed by atoms with Gasteiger partial charge in [0.25, 0.3) is 0 Å². The third kappa shape index (κ3) is 4.42. The van der Waals surface area contributed by atoms with Crippen LogP contribution in [0.3, 0.4) is 0 Å². The van der Waals surface area contributed by atoms with Crippen molar-refractivity contribution in [2.24, 2.45) is 10.1 Å². The van der Waals surface area contributed by atoms with Crippen molar-refractivity contribution in [1.29, 1.82) is 0 Å². The van der Waals surface area contributed by atoms with E-state index in [-0.39, 0.29) is 11.5 Å². The summed E-state index contributed by atoms with van der Waals surface area (Å²) in [6.45, 7) is 0. The first-order valence-corrected chi connectivity index (χ1v) is 7.64. The number of benzene rings is 2. The molecule has 0 radical (unpaired) electrons. The van der Waals surface area contributed by atoms with Crippen LogP contribution in [0, 0.1) is 0 Å². The van der Waals surface area contributed by atoms with Crippen molar-refractivity contribution in [3.8, 4) is 11.5 Å². The van der Waals surface area contributed by atoms with Gasteiger partial charge in [-0.25, -0.2) is 9.98 Å². The van der Waals surface area contributed by atoms with Gasteiger partial charge in [-0.1, -0.05) is 18.2 Å². The summed E-state index contributed by atoms with van der Waals surface area (Å²) in [6.07, 6.45) is 3.34. The van der Waals surface area contributed by atoms with Gasteiger partial charge in [0.1, 0.15) is 0 Å². The molecule has 0 saturated carbocycles. The van der Waals surface area contributed by atoms with Crippen molar-refractivity contribution in [3.63, 3.8) is 0 Å². The fourth-order valence-corrected chi connectivity index (χ4v) is 2.11. The molecule has 4 N–H and O–H groups in total. The smallest absolute Gasteiger partial charge is 0.248 e. The molecule has 0 aliphatic carbocycles. The number of para-hydroxylation sites is 1. The summed E-state index contributed by atoms with van der Waals surface area (Å²) in [5, 5.41) is 23.0. The highest BCUT2D eigenvalue weighted by molar-refractivity contribution is 5.97. The number of amidine groups is 1. The minimum Gasteiger partial charge on any atom is -0.504 e. The Morgan fingerprint density at radius 1 is 0.920 bits per heavy atom. The summed E-state index contributed by atoms with van der Waals surface area (Å²) < 4.78 is 0. The van der Waals surface area contributed by atoms with Gasteiger partial charge in [-0.05, 0) is 42.0 Å². The first-order chi connectivity index (χ1) is 12.2. The Kier molecular flexibility index (Phi) is 5.01. The Labute approximate surface area is 144 Å². The number of hydrogen-bond donors (Lipinski definition) is 3. The van der Waals surface area contributed by atoms with Crippen LogP contribution in [0.1, 0.15) is 11.3 Å². The van der Waals surface area contributed by atoms with Crippen LogP contribution in [-0.2, 0) is 0 Å². The van der Waals surface area contributed by atoms with Gasteiger partial charge in [-0.2, -0.15) is 5.10 Å². The van der Waals surface area contributed by atoms with Gasteiger partial charge in [-0.3, -0.25) is 5.43 Å². The van der Waals surface area contributed by atoms with E-state index < -0.39 is 0 Å². The number of nitrogens with one attached hydrogen (secondary N) is 2. The van der Waals surface area contributed by atoms with Crippen LogP contribution in [0.15, 0.2) is 83.0 Å². The summed E-state index contributed by atoms with van der Waals surface area (Å²) in [5.74, 6) is 0.180. The van der Waals surface area contributed by atoms with Gasteiger partial charge in [0.05, 0.1) is 11.9 Å². The number of aromatic hydroxyl groups is 2. The molecule has 3 rings (SSSR count). The van der Waals surface area contributed by atoms with Crippen LogP contribution in [-0.4, -0.2) is 22.3 Å². The molecule has 0 aliphatic heterocycles. The molecule has 0 amide bonds. The van der Waals surface area contributed by atoms with E-state index in [0.717, 1.165) is 11.4 Å². The first-order valence-electron chi connectivity index (χ1n) is 7.64. The largest absolute Gasteiger partial charge is 0.504 e. The SMILES string of the molecule is Oc1ccc(C=NNC(=Nc2ccccc2)c2cccc[nH+]2)cc1O. The Bertz CT molecular complexity index is 894. The number of aliphatic imine (C=N–C) groups is 1. The molecule has 0 bridgehead atoms. The number of H-pyrrole nitrogens is 1. The molecule has 25 heavy (non-hydrogen) atoms. The van der Waals surface area contributed by atoms with Gasteiger partial charge in [0, 0.05) is 12.1 Å². The Morgan fingerprint density at radius 2 is 1.72 bits per heavy atom. The minimum absolute atomic E-state index is 0.171. The lowest BCUT2D eigenvalue weighted by molar-refractivity contribution is -0.380. The van der Waals surface area contributed by atoms with E-state index in [2.05, 4.69) is 20.5 Å². The standard InChI is InChI=1S/C19H16N4O2/c24-17-10-9-14(12-18(17)25)13-21-23-19(16-8-4-5-11-20-16)22-15-6-2-1-3-7-15/h1-13,24-25H,(H,22,23)/p+1. The highest BCUT2D eigenvalue weighted by atomic mass is 16.3. The predicted molar refractivity (Wildman–Crippen MR) is 96.1 cm³/mol. The van der Waals surface area contributed by atoms with Gasteiger partial charge in [0.15, 0.2) is 17.7 Å². The lowest BCUT2D eigenvalue weighted by atomic mass is 10.2. The minimum atomic E-state index is -0.196. The van der Waals surface area contributed by atoms with E-state index in [4.69, 9.17) is 0 Å². The molecule has 0 atom stereocenters. The number of aromatic amines is 1. The van der Waals surface area contributed by atoms with Crippen LogP contribution in [0.25, 0.3) is 0 Å². The average molecular weight is 333 g/mol. The van der Waals surface area contributed by atoms with Crippen molar-refractivity contribution in [2.75, 3.05) is 0 Å². The predicted octanol–water partition coefficient (Wildman–Crippen LogP) is 2.61. The second-order valence-electron chi connectivity index (χ2n) is 5.19. The van der Waals surface area contributed by atoms with Crippen molar-refractivity contribution in [1.82, 2.24) is 5.43 Å². The van der Waals surface area contributed by atoms with Crippen molar-refractivity contribution in [3.05, 3.63) is 84.2 Å². The molecule has 6 heteroatoms. The molecule has 2 aromatic carbocycles. The number of rotatable bonds is 4. The Hall–Kier alpha value is -3.67. The lowest BCUT2D eigenvalue weighted by Crippen LogP contribution is -2.26. The van der Waals surface area contributed by atoms with E-state index in [1.54, 1.807) is 12.3 Å². The van der Waals surface area contributed by atoms with Crippen molar-refractivity contribution in [2.45, 2.75) is 0 Å². The number of pyridine rings is 1. The zero-order valence-electron chi connectivity index (χ0n) is 13.3. The topological polar surface area (TPSA) is 91.4 Å². The third-order valence-corrected chi connectivity index (χ3v) is 3.34. The molecule has 0 saturated heterocycles. The van der Waals surface area contributed by atoms with Crippen LogP contribution in [0.2, 0.25) is 0 Å². The molecule has 0 unspecified atom stereocenters. The monoisotopic (exact) mass is 333 g/mol. The van der Waals surface area contributed by atoms with Crippen LogP contribution in [0.5, 0.6) is 11.5 Å². The molecule has 124 valence electrons. The zero-order valence-corrected chi connectivity index (χ0v) is 13.3. The molecular formula is C19H17N4O2+. The van der Waals surface area contributed by atoms with E-state index in [0.29, 0.717) is 11.4 Å². The zero-order chi connectivity index (χ0) is 17.5. The number of phenolic OH excluding ortho intramolecular Hbond substituents is 2. The van der Waals surface area contributed by atoms with Crippen molar-refractivity contribution >= 4 is 17.7 Å². The molecular weight excluding hydrogens is 316 g/mol. The maximum atomic E-state index is 9.52. The second kappa shape index (κ2) is 7.74. The number of hydrogen-bond acceptors (Lipinski definition) is 4. The second-order valence-corrected chi connectivity index (χ2v) is 5.19. The van der Waals surface area contributed by atoms with E-state index in [1.165, 1.54) is 18.3 Å². The number of hydrazone groups is 1. The number of nitrogens with zero attached hydrogens (tertiary/aromatic N) is 2. The van der Waals surface area contributed by atoms with Gasteiger partial charge >= 0.3 is 0 Å².